The fourth-order valence-electron chi connectivity index (χ4n) is 3.71. The van der Waals surface area contributed by atoms with Crippen molar-refractivity contribution in [1.29, 1.82) is 0 Å². The van der Waals surface area contributed by atoms with E-state index in [0.29, 0.717) is 18.7 Å². The normalized spacial score (nSPS) is 22.1. The number of alkyl halides is 3. The van der Waals surface area contributed by atoms with Gasteiger partial charge in [0.15, 0.2) is 11.7 Å². The van der Waals surface area contributed by atoms with Crippen LogP contribution in [0.2, 0.25) is 5.02 Å². The van der Waals surface area contributed by atoms with Gasteiger partial charge in [-0.1, -0.05) is 39.7 Å². The first-order valence-electron chi connectivity index (χ1n) is 8.91. The van der Waals surface area contributed by atoms with Crippen molar-refractivity contribution in [2.45, 2.75) is 37.5 Å². The van der Waals surface area contributed by atoms with Crippen molar-refractivity contribution in [1.82, 2.24) is 14.7 Å². The molecule has 2 aromatic rings. The zero-order valence-electron chi connectivity index (χ0n) is 14.6. The molecule has 0 aliphatic carbocycles. The van der Waals surface area contributed by atoms with Gasteiger partial charge in [0.05, 0.1) is 6.04 Å². The van der Waals surface area contributed by atoms with Crippen LogP contribution in [0.15, 0.2) is 28.7 Å². The second-order valence-corrected chi connectivity index (χ2v) is 8.29. The smallest absolute Gasteiger partial charge is 0.362 e. The molecule has 2 aliphatic heterocycles. The average Bonchev–Trinajstić information content (AvgIpc) is 3.29. The van der Waals surface area contributed by atoms with Gasteiger partial charge < -0.3 is 10.2 Å². The molecule has 5 nitrogen and oxygen atoms in total. The van der Waals surface area contributed by atoms with Gasteiger partial charge in [-0.15, -0.1) is 0 Å². The second kappa shape index (κ2) is 7.26. The number of nitrogens with one attached hydrogen (secondary N) is 1. The van der Waals surface area contributed by atoms with Gasteiger partial charge in [0.2, 0.25) is 0 Å². The molecule has 1 aromatic carbocycles. The summed E-state index contributed by atoms with van der Waals surface area (Å²) in [6, 6.07) is 4.59. The average molecular weight is 478 g/mol. The molecule has 1 aromatic heterocycles. The molecule has 10 heteroatoms. The molecule has 1 amide bonds. The Morgan fingerprint density at radius 3 is 2.46 bits per heavy atom. The number of amides is 1. The quantitative estimate of drug-likeness (QED) is 0.647. The van der Waals surface area contributed by atoms with Crippen LogP contribution in [-0.2, 0) is 0 Å². The fraction of sp³-hybridized carbons (Fsp3) is 0.444. The Kier molecular flexibility index (Phi) is 5.07. The summed E-state index contributed by atoms with van der Waals surface area (Å²) < 4.78 is 43.0. The number of halogens is 5. The Morgan fingerprint density at radius 1 is 1.21 bits per heavy atom. The molecule has 150 valence electrons. The summed E-state index contributed by atoms with van der Waals surface area (Å²) in [6.07, 6.45) is -3.03. The molecule has 1 saturated heterocycles. The molecule has 0 spiro atoms. The lowest BCUT2D eigenvalue weighted by Gasteiger charge is -2.33. The van der Waals surface area contributed by atoms with Crippen molar-refractivity contribution < 1.29 is 18.0 Å². The van der Waals surface area contributed by atoms with Crippen molar-refractivity contribution >= 4 is 39.3 Å². The molecule has 28 heavy (non-hydrogen) atoms. The third-order valence-corrected chi connectivity index (χ3v) is 6.05. The third kappa shape index (κ3) is 3.50. The van der Waals surface area contributed by atoms with E-state index in [9.17, 15) is 18.0 Å². The lowest BCUT2D eigenvalue weighted by Crippen LogP contribution is -2.36. The van der Waals surface area contributed by atoms with Crippen molar-refractivity contribution in [2.24, 2.45) is 0 Å². The maximum Gasteiger partial charge on any atom is 0.410 e. The van der Waals surface area contributed by atoms with Crippen LogP contribution < -0.4 is 5.32 Å². The molecule has 2 atom stereocenters. The van der Waals surface area contributed by atoms with Gasteiger partial charge in [-0.05, 0) is 30.5 Å². The van der Waals surface area contributed by atoms with E-state index >= 15 is 0 Å². The molecular formula is C18H17BrClF3N4O. The van der Waals surface area contributed by atoms with E-state index in [4.69, 9.17) is 11.6 Å². The van der Waals surface area contributed by atoms with Gasteiger partial charge in [0.25, 0.3) is 5.91 Å². The molecule has 4 rings (SSSR count). The summed E-state index contributed by atoms with van der Waals surface area (Å²) in [5, 5.41) is 6.98. The van der Waals surface area contributed by atoms with E-state index in [1.54, 1.807) is 29.2 Å². The van der Waals surface area contributed by atoms with E-state index in [1.807, 2.05) is 0 Å². The molecule has 1 N–H and O–H groups in total. The lowest BCUT2D eigenvalue weighted by molar-refractivity contribution is -0.173. The second-order valence-electron chi connectivity index (χ2n) is 7.00. The minimum atomic E-state index is -4.52. The van der Waals surface area contributed by atoms with Gasteiger partial charge in [0, 0.05) is 24.0 Å². The summed E-state index contributed by atoms with van der Waals surface area (Å²) in [5.74, 6) is -0.391. The van der Waals surface area contributed by atoms with Crippen molar-refractivity contribution in [2.75, 3.05) is 18.4 Å². The minimum Gasteiger partial charge on any atom is -0.362 e. The van der Waals surface area contributed by atoms with Gasteiger partial charge in [-0.3, -0.25) is 4.79 Å². The van der Waals surface area contributed by atoms with Gasteiger partial charge in [-0.2, -0.15) is 18.3 Å². The number of hydrogen-bond donors (Lipinski definition) is 1. The third-order valence-electron chi connectivity index (χ3n) is 5.16. The predicted octanol–water partition coefficient (Wildman–Crippen LogP) is 5.20. The molecule has 0 bridgehead atoms. The van der Waals surface area contributed by atoms with Crippen molar-refractivity contribution in [3.63, 3.8) is 0 Å². The number of rotatable bonds is 2. The first-order valence-corrected chi connectivity index (χ1v) is 10.1. The van der Waals surface area contributed by atoms with E-state index < -0.39 is 24.2 Å². The fourth-order valence-corrected chi connectivity index (χ4v) is 4.23. The molecule has 0 saturated carbocycles. The summed E-state index contributed by atoms with van der Waals surface area (Å²) >= 11 is 9.66. The van der Waals surface area contributed by atoms with E-state index in [0.717, 1.165) is 22.0 Å². The summed E-state index contributed by atoms with van der Waals surface area (Å²) in [6.45, 7) is 1.13. The first kappa shape index (κ1) is 19.6. The van der Waals surface area contributed by atoms with Crippen LogP contribution in [0.5, 0.6) is 0 Å². The highest BCUT2D eigenvalue weighted by Gasteiger charge is 2.48. The van der Waals surface area contributed by atoms with E-state index in [2.05, 4.69) is 26.3 Å². The van der Waals surface area contributed by atoms with Crippen LogP contribution in [0.1, 0.15) is 47.4 Å². The number of benzene rings is 1. The number of carbonyl (C=O) groups is 1. The maximum atomic E-state index is 13.8. The van der Waals surface area contributed by atoms with Gasteiger partial charge >= 0.3 is 6.18 Å². The number of hydrogen-bond acceptors (Lipinski definition) is 3. The monoisotopic (exact) mass is 476 g/mol. The zero-order valence-corrected chi connectivity index (χ0v) is 17.0. The Morgan fingerprint density at radius 2 is 1.86 bits per heavy atom. The Labute approximate surface area is 173 Å². The van der Waals surface area contributed by atoms with Crippen LogP contribution in [0.4, 0.5) is 19.0 Å². The topological polar surface area (TPSA) is 50.2 Å². The molecule has 2 aliphatic rings. The number of aromatic nitrogens is 2. The van der Waals surface area contributed by atoms with Crippen LogP contribution in [0, 0.1) is 0 Å². The van der Waals surface area contributed by atoms with Crippen LogP contribution in [-0.4, -0.2) is 39.9 Å². The standard InChI is InChI=1S/C18H17BrClF3N4O/c19-11-5-3-10(4-6-11)12-9-13(18(21,22)23)27-16(24-12)14(20)15(25-27)17(28)26-7-1-2-8-26/h3-6,12-13,24H,1-2,7-9H2/t12-,13+/m0/s1. The van der Waals surface area contributed by atoms with Gasteiger partial charge in [-0.25, -0.2) is 4.68 Å². The number of nitrogens with zero attached hydrogens (tertiary/aromatic N) is 3. The predicted molar refractivity (Wildman–Crippen MR) is 103 cm³/mol. The Bertz CT molecular complexity index is 893. The summed E-state index contributed by atoms with van der Waals surface area (Å²) in [7, 11) is 0. The molecular weight excluding hydrogens is 461 g/mol. The van der Waals surface area contributed by atoms with Crippen LogP contribution in [0.3, 0.4) is 0 Å². The number of carbonyl (C=O) groups excluding carboxylic acids is 1. The molecule has 0 radical (unpaired) electrons. The summed E-state index contributed by atoms with van der Waals surface area (Å²) in [5.41, 5.74) is 0.574. The lowest BCUT2D eigenvalue weighted by atomic mass is 9.97. The molecule has 3 heterocycles. The number of fused-ring (bicyclic) bond motifs is 1. The Balaban J connectivity index is 1.73. The highest BCUT2D eigenvalue weighted by atomic mass is 79.9. The van der Waals surface area contributed by atoms with Crippen molar-refractivity contribution in [3.05, 3.63) is 45.0 Å². The molecule has 0 unspecified atom stereocenters. The maximum absolute atomic E-state index is 13.8. The summed E-state index contributed by atoms with van der Waals surface area (Å²) in [4.78, 5) is 14.3. The largest absolute Gasteiger partial charge is 0.410 e. The number of likely N-dealkylation sites (tertiary alicyclic amines) is 1. The zero-order chi connectivity index (χ0) is 20.1. The SMILES string of the molecule is O=C(c1nn2c(c1Cl)N[C@H](c1ccc(Br)cc1)C[C@@H]2C(F)(F)F)N1CCCC1. The number of anilines is 1. The first-order chi connectivity index (χ1) is 13.3. The van der Waals surface area contributed by atoms with Gasteiger partial charge in [0.1, 0.15) is 10.8 Å². The van der Waals surface area contributed by atoms with E-state index in [-0.39, 0.29) is 23.0 Å². The Hall–Kier alpha value is -1.74. The van der Waals surface area contributed by atoms with E-state index in [1.165, 1.54) is 0 Å². The van der Waals surface area contributed by atoms with Crippen molar-refractivity contribution in [3.8, 4) is 0 Å². The van der Waals surface area contributed by atoms with Crippen LogP contribution >= 0.6 is 27.5 Å². The highest BCUT2D eigenvalue weighted by molar-refractivity contribution is 9.10. The van der Waals surface area contributed by atoms with Crippen LogP contribution in [0.25, 0.3) is 0 Å². The molecule has 1 fully saturated rings. The highest BCUT2D eigenvalue weighted by Crippen LogP contribution is 2.46. The minimum absolute atomic E-state index is 0.0331.